The minimum atomic E-state index is -0.132. The molecule has 0 atom stereocenters. The van der Waals surface area contributed by atoms with Crippen molar-refractivity contribution in [3.8, 4) is 17.2 Å². The molecule has 3 nitrogen and oxygen atoms in total. The largest absolute Gasteiger partial charge is 0.496 e. The molecule has 0 fully saturated rings. The summed E-state index contributed by atoms with van der Waals surface area (Å²) in [6.07, 6.45) is 0. The highest BCUT2D eigenvalue weighted by Crippen LogP contribution is 2.39. The Morgan fingerprint density at radius 3 is 2.33 bits per heavy atom. The summed E-state index contributed by atoms with van der Waals surface area (Å²) in [6.45, 7) is 0. The van der Waals surface area contributed by atoms with Gasteiger partial charge in [0.25, 0.3) is 0 Å². The quantitative estimate of drug-likeness (QED) is 0.752. The first-order chi connectivity index (χ1) is 7.27. The molecule has 0 spiro atoms. The summed E-state index contributed by atoms with van der Waals surface area (Å²) >= 11 is 0. The van der Waals surface area contributed by atoms with Gasteiger partial charge in [-0.15, -0.1) is 0 Å². The Morgan fingerprint density at radius 1 is 0.933 bits per heavy atom. The van der Waals surface area contributed by atoms with Crippen LogP contribution in [-0.2, 0) is 5.11 Å². The summed E-state index contributed by atoms with van der Waals surface area (Å²) in [5.74, 6) is 0.788. The van der Waals surface area contributed by atoms with Gasteiger partial charge in [-0.25, -0.2) is 0 Å². The predicted octanol–water partition coefficient (Wildman–Crippen LogP) is 3.00. The van der Waals surface area contributed by atoms with Crippen LogP contribution in [0.5, 0.6) is 17.2 Å². The monoisotopic (exact) mass is 203 g/mol. The van der Waals surface area contributed by atoms with E-state index in [4.69, 9.17) is 9.47 Å². The Kier molecular flexibility index (Phi) is 2.37. The first kappa shape index (κ1) is 9.65. The third kappa shape index (κ3) is 1.46. The second-order valence-corrected chi connectivity index (χ2v) is 3.16. The van der Waals surface area contributed by atoms with Gasteiger partial charge >= 0.3 is 0 Å². The standard InChI is InChI=1S/C12H11O3/c1-14-9-5-3-4-8-6-7-10(15-2)12(13)11(8)9/h3-7H,1-2H3. The Morgan fingerprint density at radius 2 is 1.67 bits per heavy atom. The number of hydrogen-bond acceptors (Lipinski definition) is 2. The lowest BCUT2D eigenvalue weighted by molar-refractivity contribution is 0.318. The number of rotatable bonds is 2. The molecule has 2 rings (SSSR count). The van der Waals surface area contributed by atoms with E-state index in [1.165, 1.54) is 7.11 Å². The van der Waals surface area contributed by atoms with Gasteiger partial charge in [-0.1, -0.05) is 18.2 Å². The van der Waals surface area contributed by atoms with Gasteiger partial charge in [-0.3, -0.25) is 5.11 Å². The van der Waals surface area contributed by atoms with Crippen LogP contribution in [0.4, 0.5) is 0 Å². The molecule has 0 aliphatic carbocycles. The third-order valence-corrected chi connectivity index (χ3v) is 2.36. The van der Waals surface area contributed by atoms with Crippen LogP contribution in [0.25, 0.3) is 10.8 Å². The number of methoxy groups -OCH3 is 2. The zero-order chi connectivity index (χ0) is 10.8. The van der Waals surface area contributed by atoms with Crippen molar-refractivity contribution in [2.45, 2.75) is 0 Å². The average Bonchev–Trinajstić information content (AvgIpc) is 2.29. The van der Waals surface area contributed by atoms with Gasteiger partial charge in [-0.2, -0.15) is 0 Å². The lowest BCUT2D eigenvalue weighted by Crippen LogP contribution is -1.87. The number of fused-ring (bicyclic) bond motifs is 1. The SMILES string of the molecule is COc1ccc2cccc(OC)c2c1[O]. The van der Waals surface area contributed by atoms with E-state index >= 15 is 0 Å². The van der Waals surface area contributed by atoms with Crippen LogP contribution in [0.1, 0.15) is 0 Å². The third-order valence-electron chi connectivity index (χ3n) is 2.36. The Bertz CT molecular complexity index is 491. The second-order valence-electron chi connectivity index (χ2n) is 3.16. The molecule has 0 aromatic heterocycles. The number of benzene rings is 2. The minimum absolute atomic E-state index is 0.132. The molecule has 2 aromatic carbocycles. The molecule has 0 bridgehead atoms. The maximum Gasteiger partial charge on any atom is 0.231 e. The van der Waals surface area contributed by atoms with E-state index in [0.717, 1.165) is 5.39 Å². The predicted molar refractivity (Wildman–Crippen MR) is 57.2 cm³/mol. The van der Waals surface area contributed by atoms with Crippen LogP contribution in [0, 0.1) is 0 Å². The average molecular weight is 203 g/mol. The van der Waals surface area contributed by atoms with Gasteiger partial charge in [-0.05, 0) is 17.5 Å². The molecular weight excluding hydrogens is 192 g/mol. The van der Waals surface area contributed by atoms with E-state index in [2.05, 4.69) is 0 Å². The summed E-state index contributed by atoms with van der Waals surface area (Å²) in [6, 6.07) is 9.01. The van der Waals surface area contributed by atoms with Crippen molar-refractivity contribution in [2.24, 2.45) is 0 Å². The first-order valence-electron chi connectivity index (χ1n) is 4.58. The van der Waals surface area contributed by atoms with E-state index in [1.807, 2.05) is 18.2 Å². The molecule has 2 aromatic rings. The molecule has 3 heteroatoms. The lowest BCUT2D eigenvalue weighted by atomic mass is 10.1. The summed E-state index contributed by atoms with van der Waals surface area (Å²) in [7, 11) is 3.03. The van der Waals surface area contributed by atoms with Crippen LogP contribution in [0.15, 0.2) is 30.3 Å². The Hall–Kier alpha value is -1.90. The van der Waals surface area contributed by atoms with Crippen molar-refractivity contribution in [3.05, 3.63) is 30.3 Å². The minimum Gasteiger partial charge on any atom is -0.496 e. The molecular formula is C12H11O3. The normalized spacial score (nSPS) is 10.3. The van der Waals surface area contributed by atoms with E-state index in [-0.39, 0.29) is 5.75 Å². The summed E-state index contributed by atoms with van der Waals surface area (Å²) < 4.78 is 10.1. The maximum atomic E-state index is 11.9. The van der Waals surface area contributed by atoms with Crippen molar-refractivity contribution < 1.29 is 14.6 Å². The molecule has 1 radical (unpaired) electrons. The van der Waals surface area contributed by atoms with Crippen LogP contribution in [0.2, 0.25) is 0 Å². The Balaban J connectivity index is 2.82. The molecule has 77 valence electrons. The van der Waals surface area contributed by atoms with Crippen LogP contribution < -0.4 is 9.47 Å². The van der Waals surface area contributed by atoms with E-state index in [0.29, 0.717) is 16.9 Å². The zero-order valence-corrected chi connectivity index (χ0v) is 8.61. The zero-order valence-electron chi connectivity index (χ0n) is 8.61. The van der Waals surface area contributed by atoms with Gasteiger partial charge in [0.05, 0.1) is 19.6 Å². The van der Waals surface area contributed by atoms with E-state index in [9.17, 15) is 5.11 Å². The second kappa shape index (κ2) is 3.69. The molecule has 0 heterocycles. The number of ether oxygens (including phenoxy) is 2. The molecule has 0 saturated carbocycles. The van der Waals surface area contributed by atoms with Crippen molar-refractivity contribution in [3.63, 3.8) is 0 Å². The fourth-order valence-electron chi connectivity index (χ4n) is 1.63. The van der Waals surface area contributed by atoms with Crippen LogP contribution >= 0.6 is 0 Å². The van der Waals surface area contributed by atoms with Gasteiger partial charge in [0, 0.05) is 0 Å². The van der Waals surface area contributed by atoms with Crippen molar-refractivity contribution in [1.82, 2.24) is 0 Å². The molecule has 0 amide bonds. The van der Waals surface area contributed by atoms with Gasteiger partial charge in [0.1, 0.15) is 5.75 Å². The smallest absolute Gasteiger partial charge is 0.231 e. The van der Waals surface area contributed by atoms with Crippen LogP contribution in [-0.4, -0.2) is 14.2 Å². The highest BCUT2D eigenvalue weighted by Gasteiger charge is 2.12. The van der Waals surface area contributed by atoms with Gasteiger partial charge < -0.3 is 9.47 Å². The van der Waals surface area contributed by atoms with E-state index in [1.54, 1.807) is 19.2 Å². The topological polar surface area (TPSA) is 38.4 Å². The Labute approximate surface area is 87.9 Å². The van der Waals surface area contributed by atoms with Crippen molar-refractivity contribution in [1.29, 1.82) is 0 Å². The summed E-state index contributed by atoms with van der Waals surface area (Å²) in [5.41, 5.74) is 0. The molecule has 0 saturated heterocycles. The summed E-state index contributed by atoms with van der Waals surface area (Å²) in [4.78, 5) is 0. The van der Waals surface area contributed by atoms with Crippen molar-refractivity contribution in [2.75, 3.05) is 14.2 Å². The van der Waals surface area contributed by atoms with Gasteiger partial charge in [0.15, 0.2) is 5.75 Å². The fourth-order valence-corrected chi connectivity index (χ4v) is 1.63. The van der Waals surface area contributed by atoms with Crippen molar-refractivity contribution >= 4 is 10.8 Å². The number of hydrogen-bond donors (Lipinski definition) is 0. The molecule has 0 aliphatic rings. The maximum absolute atomic E-state index is 11.9. The first-order valence-corrected chi connectivity index (χ1v) is 4.58. The van der Waals surface area contributed by atoms with E-state index < -0.39 is 0 Å². The lowest BCUT2D eigenvalue weighted by Gasteiger charge is -2.08. The highest BCUT2D eigenvalue weighted by molar-refractivity contribution is 5.95. The van der Waals surface area contributed by atoms with Gasteiger partial charge in [0.2, 0.25) is 5.75 Å². The molecule has 0 aliphatic heterocycles. The summed E-state index contributed by atoms with van der Waals surface area (Å²) in [5, 5.41) is 13.4. The molecule has 0 N–H and O–H groups in total. The van der Waals surface area contributed by atoms with Crippen LogP contribution in [0.3, 0.4) is 0 Å². The molecule has 15 heavy (non-hydrogen) atoms. The highest BCUT2D eigenvalue weighted by atomic mass is 16.5. The molecule has 0 unspecified atom stereocenters. The fraction of sp³-hybridized carbons (Fsp3) is 0.167.